The predicted octanol–water partition coefficient (Wildman–Crippen LogP) is 3.48. The smallest absolute Gasteiger partial charge is 0.339 e. The van der Waals surface area contributed by atoms with E-state index in [0.717, 1.165) is 21.0 Å². The second-order valence-corrected chi connectivity index (χ2v) is 9.17. The zero-order valence-electron chi connectivity index (χ0n) is 19.9. The molecule has 1 aliphatic heterocycles. The number of carbonyl (C=O) groups is 1. The number of morpholine rings is 1. The highest BCUT2D eigenvalue weighted by atomic mass is 32.1. The lowest BCUT2D eigenvalue weighted by atomic mass is 10.0. The van der Waals surface area contributed by atoms with Crippen LogP contribution in [0.25, 0.3) is 21.8 Å². The van der Waals surface area contributed by atoms with E-state index < -0.39 is 6.03 Å². The van der Waals surface area contributed by atoms with Crippen molar-refractivity contribution in [1.29, 1.82) is 5.26 Å². The van der Waals surface area contributed by atoms with Crippen LogP contribution in [0, 0.1) is 11.3 Å². The van der Waals surface area contributed by atoms with Gasteiger partial charge in [-0.3, -0.25) is 5.10 Å². The van der Waals surface area contributed by atoms with Gasteiger partial charge in [0, 0.05) is 24.3 Å². The van der Waals surface area contributed by atoms with Crippen LogP contribution >= 0.6 is 11.3 Å². The highest BCUT2D eigenvalue weighted by Gasteiger charge is 2.26. The fourth-order valence-corrected chi connectivity index (χ4v) is 5.20. The molecular weight excluding hydrogens is 508 g/mol. The van der Waals surface area contributed by atoms with Crippen molar-refractivity contribution in [3.05, 3.63) is 59.9 Å². The van der Waals surface area contributed by atoms with Gasteiger partial charge in [-0.2, -0.15) is 15.5 Å². The van der Waals surface area contributed by atoms with Crippen molar-refractivity contribution in [2.24, 2.45) is 5.10 Å². The monoisotopic (exact) mass is 530 g/mol. The minimum absolute atomic E-state index is 0.245. The number of aromatic nitrogens is 3. The number of carbonyl (C=O) groups excluding carboxylic acids is 1. The van der Waals surface area contributed by atoms with Crippen LogP contribution in [0.3, 0.4) is 0 Å². The Bertz CT molecular complexity index is 1500. The van der Waals surface area contributed by atoms with Gasteiger partial charge in [-0.05, 0) is 41.5 Å². The molecular formula is C25H22N8O4S. The van der Waals surface area contributed by atoms with E-state index in [1.807, 2.05) is 12.1 Å². The van der Waals surface area contributed by atoms with Crippen LogP contribution in [0.5, 0.6) is 11.5 Å². The topological polar surface area (TPSA) is 172 Å². The van der Waals surface area contributed by atoms with Crippen LogP contribution in [0.15, 0.2) is 53.9 Å². The number of ether oxygens (including phenoxy) is 1. The number of aromatic amines is 1. The maximum atomic E-state index is 12.3. The highest BCUT2D eigenvalue weighted by molar-refractivity contribution is 7.20. The van der Waals surface area contributed by atoms with Crippen LogP contribution in [0.2, 0.25) is 0 Å². The number of amides is 2. The molecule has 0 spiro atoms. The van der Waals surface area contributed by atoms with Gasteiger partial charge in [0.25, 0.3) is 0 Å². The normalized spacial score (nSPS) is 13.4. The van der Waals surface area contributed by atoms with Crippen LogP contribution in [-0.4, -0.2) is 63.9 Å². The van der Waals surface area contributed by atoms with Gasteiger partial charge in [-0.25, -0.2) is 15.2 Å². The summed E-state index contributed by atoms with van der Waals surface area (Å²) in [7, 11) is 0. The number of hydrazone groups is 1. The molecule has 2 aromatic carbocycles. The maximum absolute atomic E-state index is 12.3. The number of phenols is 2. The van der Waals surface area contributed by atoms with E-state index in [1.165, 1.54) is 42.1 Å². The average molecular weight is 531 g/mol. The first-order valence-corrected chi connectivity index (χ1v) is 12.3. The van der Waals surface area contributed by atoms with Gasteiger partial charge in [0.1, 0.15) is 17.4 Å². The van der Waals surface area contributed by atoms with Crippen molar-refractivity contribution < 1.29 is 19.7 Å². The number of urea groups is 1. The van der Waals surface area contributed by atoms with Gasteiger partial charge in [0.05, 0.1) is 29.9 Å². The zero-order valence-corrected chi connectivity index (χ0v) is 20.7. The Morgan fingerprint density at radius 3 is 2.66 bits per heavy atom. The Hall–Kier alpha value is -4.93. The summed E-state index contributed by atoms with van der Waals surface area (Å²) >= 11 is 1.47. The molecule has 1 aliphatic rings. The molecule has 1 fully saturated rings. The number of aromatic hydroxyl groups is 2. The summed E-state index contributed by atoms with van der Waals surface area (Å²) in [6, 6.07) is 13.1. The van der Waals surface area contributed by atoms with Crippen LogP contribution < -0.4 is 15.6 Å². The maximum Gasteiger partial charge on any atom is 0.339 e. The summed E-state index contributed by atoms with van der Waals surface area (Å²) in [5.74, 6) is -0.0277. The molecule has 0 saturated carbocycles. The Balaban J connectivity index is 1.35. The molecule has 38 heavy (non-hydrogen) atoms. The molecule has 13 heteroatoms. The number of thiophene rings is 1. The molecule has 1 saturated heterocycles. The minimum atomic E-state index is -0.568. The van der Waals surface area contributed by atoms with Crippen LogP contribution in [0.4, 0.5) is 15.5 Å². The lowest BCUT2D eigenvalue weighted by Crippen LogP contribution is -2.36. The summed E-state index contributed by atoms with van der Waals surface area (Å²) in [5.41, 5.74) is 5.42. The van der Waals surface area contributed by atoms with E-state index >= 15 is 0 Å². The molecule has 4 aromatic rings. The van der Waals surface area contributed by atoms with Gasteiger partial charge < -0.3 is 25.2 Å². The molecule has 0 atom stereocenters. The number of phenolic OH excluding ortho intramolecular Hbond substituents is 2. The second-order valence-electron chi connectivity index (χ2n) is 8.17. The molecule has 0 unspecified atom stereocenters. The molecule has 0 radical (unpaired) electrons. The molecule has 2 aromatic heterocycles. The summed E-state index contributed by atoms with van der Waals surface area (Å²) < 4.78 is 5.47. The van der Waals surface area contributed by atoms with Gasteiger partial charge in [0.15, 0.2) is 17.3 Å². The number of hydrogen-bond acceptors (Lipinski definition) is 10. The highest BCUT2D eigenvalue weighted by Crippen LogP contribution is 2.46. The standard InChI is InChI=1S/C25H22N8O4S/c26-12-18-21(22(23-27-14-29-31-23)38-24(18)33-7-9-37-10-8-33)16-2-4-17(5-3-16)30-25(36)32-28-13-15-1-6-19(34)20(35)11-15/h1-6,11,13-14,34-35H,7-10H2,(H,27,29,31)(H2,30,32,36)/b28-13+. The Morgan fingerprint density at radius 1 is 1.18 bits per heavy atom. The predicted molar refractivity (Wildman–Crippen MR) is 142 cm³/mol. The summed E-state index contributed by atoms with van der Waals surface area (Å²) in [4.78, 5) is 19.5. The van der Waals surface area contributed by atoms with Crippen molar-refractivity contribution in [2.75, 3.05) is 36.5 Å². The number of H-pyrrole nitrogens is 1. The van der Waals surface area contributed by atoms with Crippen molar-refractivity contribution in [3.63, 3.8) is 0 Å². The van der Waals surface area contributed by atoms with E-state index in [9.17, 15) is 20.3 Å². The molecule has 5 N–H and O–H groups in total. The Labute approximate surface area is 220 Å². The van der Waals surface area contributed by atoms with Crippen molar-refractivity contribution >= 4 is 34.3 Å². The first kappa shape index (κ1) is 24.8. The molecule has 2 amide bonds. The first-order chi connectivity index (χ1) is 18.5. The largest absolute Gasteiger partial charge is 0.504 e. The third kappa shape index (κ3) is 5.26. The Morgan fingerprint density at radius 2 is 1.97 bits per heavy atom. The van der Waals surface area contributed by atoms with E-state index in [4.69, 9.17) is 4.74 Å². The SMILES string of the molecule is N#Cc1c(N2CCOCC2)sc(-c2nc[nH]n2)c1-c1ccc(NC(=O)N/N=C/c2ccc(O)c(O)c2)cc1. The molecule has 3 heterocycles. The number of nitrogens with one attached hydrogen (secondary N) is 3. The fraction of sp³-hybridized carbons (Fsp3) is 0.160. The van der Waals surface area contributed by atoms with Gasteiger partial charge in [-0.1, -0.05) is 12.1 Å². The van der Waals surface area contributed by atoms with Crippen molar-refractivity contribution in [2.45, 2.75) is 0 Å². The Kier molecular flexibility index (Phi) is 7.16. The van der Waals surface area contributed by atoms with Crippen molar-refractivity contribution in [3.8, 4) is 39.4 Å². The van der Waals surface area contributed by atoms with E-state index in [-0.39, 0.29) is 11.5 Å². The van der Waals surface area contributed by atoms with Gasteiger partial charge >= 0.3 is 6.03 Å². The second kappa shape index (κ2) is 11.0. The first-order valence-electron chi connectivity index (χ1n) is 11.5. The quantitative estimate of drug-likeness (QED) is 0.143. The van der Waals surface area contributed by atoms with Gasteiger partial charge in [-0.15, -0.1) is 11.3 Å². The summed E-state index contributed by atoms with van der Waals surface area (Å²) in [6.45, 7) is 2.57. The molecule has 5 rings (SSSR count). The summed E-state index contributed by atoms with van der Waals surface area (Å²) in [6.07, 6.45) is 2.83. The minimum Gasteiger partial charge on any atom is -0.504 e. The lowest BCUT2D eigenvalue weighted by molar-refractivity contribution is 0.123. The molecule has 12 nitrogen and oxygen atoms in total. The fourth-order valence-electron chi connectivity index (χ4n) is 3.93. The average Bonchev–Trinajstić information content (AvgIpc) is 3.60. The van der Waals surface area contributed by atoms with Gasteiger partial charge in [0.2, 0.25) is 0 Å². The third-order valence-corrected chi connectivity index (χ3v) is 6.98. The number of nitrogens with zero attached hydrogens (tertiary/aromatic N) is 5. The number of nitriles is 1. The number of anilines is 2. The number of rotatable bonds is 6. The zero-order chi connectivity index (χ0) is 26.5. The van der Waals surface area contributed by atoms with E-state index in [1.54, 1.807) is 12.1 Å². The molecule has 192 valence electrons. The molecule has 0 bridgehead atoms. The molecule has 0 aliphatic carbocycles. The van der Waals surface area contributed by atoms with E-state index in [2.05, 4.69) is 42.0 Å². The third-order valence-electron chi connectivity index (χ3n) is 5.73. The lowest BCUT2D eigenvalue weighted by Gasteiger charge is -2.27. The summed E-state index contributed by atoms with van der Waals surface area (Å²) in [5, 5.41) is 43.4. The van der Waals surface area contributed by atoms with Crippen LogP contribution in [0.1, 0.15) is 11.1 Å². The number of hydrogen-bond donors (Lipinski definition) is 5. The van der Waals surface area contributed by atoms with Crippen LogP contribution in [-0.2, 0) is 4.74 Å². The number of benzene rings is 2. The van der Waals surface area contributed by atoms with Crippen molar-refractivity contribution in [1.82, 2.24) is 20.6 Å². The van der Waals surface area contributed by atoms with E-state index in [0.29, 0.717) is 48.9 Å².